The van der Waals surface area contributed by atoms with E-state index in [0.29, 0.717) is 17.9 Å². The zero-order valence-electron chi connectivity index (χ0n) is 11.3. The van der Waals surface area contributed by atoms with Gasteiger partial charge in [0.05, 0.1) is 12.1 Å². The van der Waals surface area contributed by atoms with Crippen LogP contribution in [0, 0.1) is 0 Å². The Morgan fingerprint density at radius 3 is 2.71 bits per heavy atom. The van der Waals surface area contributed by atoms with Gasteiger partial charge in [-0.25, -0.2) is 0 Å². The normalized spacial score (nSPS) is 10.3. The van der Waals surface area contributed by atoms with Gasteiger partial charge in [-0.1, -0.05) is 30.3 Å². The molecule has 0 bridgehead atoms. The first-order valence-electron chi connectivity index (χ1n) is 6.60. The Morgan fingerprint density at radius 1 is 1.10 bits per heavy atom. The van der Waals surface area contributed by atoms with E-state index in [0.717, 1.165) is 5.56 Å². The molecule has 0 aliphatic rings. The van der Waals surface area contributed by atoms with Crippen molar-refractivity contribution in [3.8, 4) is 0 Å². The van der Waals surface area contributed by atoms with Crippen molar-refractivity contribution in [3.05, 3.63) is 78.2 Å². The lowest BCUT2D eigenvalue weighted by molar-refractivity contribution is 0.102. The molecule has 3 aromatic rings. The number of nitrogens with zero attached hydrogens (tertiary/aromatic N) is 3. The summed E-state index contributed by atoms with van der Waals surface area (Å²) in [5, 5.41) is 7.09. The number of amides is 1. The molecule has 104 valence electrons. The van der Waals surface area contributed by atoms with Crippen LogP contribution in [-0.4, -0.2) is 20.7 Å². The van der Waals surface area contributed by atoms with Crippen molar-refractivity contribution in [1.29, 1.82) is 0 Å². The van der Waals surface area contributed by atoms with Gasteiger partial charge in [0, 0.05) is 24.7 Å². The predicted octanol–water partition coefficient (Wildman–Crippen LogP) is 2.58. The molecule has 0 unspecified atom stereocenters. The van der Waals surface area contributed by atoms with E-state index in [2.05, 4.69) is 15.4 Å². The quantitative estimate of drug-likeness (QED) is 0.798. The van der Waals surface area contributed by atoms with Gasteiger partial charge in [-0.3, -0.25) is 14.5 Å². The van der Waals surface area contributed by atoms with Gasteiger partial charge in [0.2, 0.25) is 0 Å². The first kappa shape index (κ1) is 13.1. The van der Waals surface area contributed by atoms with Crippen LogP contribution in [0.1, 0.15) is 15.9 Å². The van der Waals surface area contributed by atoms with E-state index < -0.39 is 0 Å². The molecule has 0 atom stereocenters. The highest BCUT2D eigenvalue weighted by molar-refractivity contribution is 6.03. The average molecular weight is 278 g/mol. The highest BCUT2D eigenvalue weighted by atomic mass is 16.1. The van der Waals surface area contributed by atoms with Gasteiger partial charge in [-0.15, -0.1) is 0 Å². The maximum absolute atomic E-state index is 12.0. The van der Waals surface area contributed by atoms with Gasteiger partial charge in [-0.05, 0) is 17.7 Å². The van der Waals surface area contributed by atoms with Crippen LogP contribution in [0.4, 0.5) is 5.82 Å². The molecule has 0 aliphatic heterocycles. The Balaban J connectivity index is 1.67. The standard InChI is InChI=1S/C16H14N4O/c21-16(14-7-4-9-17-11-14)18-15-8-10-20(19-15)12-13-5-2-1-3-6-13/h1-11H,12H2,(H,18,19,21). The van der Waals surface area contributed by atoms with Crippen molar-refractivity contribution < 1.29 is 4.79 Å². The van der Waals surface area contributed by atoms with Gasteiger partial charge in [0.1, 0.15) is 0 Å². The molecule has 0 fully saturated rings. The fourth-order valence-electron chi connectivity index (χ4n) is 1.97. The maximum atomic E-state index is 12.0. The number of carbonyl (C=O) groups excluding carboxylic acids is 1. The molecule has 3 rings (SSSR count). The Labute approximate surface area is 122 Å². The summed E-state index contributed by atoms with van der Waals surface area (Å²) in [4.78, 5) is 15.9. The van der Waals surface area contributed by atoms with E-state index in [1.807, 2.05) is 36.5 Å². The third kappa shape index (κ3) is 3.33. The van der Waals surface area contributed by atoms with Crippen molar-refractivity contribution in [1.82, 2.24) is 14.8 Å². The second-order valence-corrected chi connectivity index (χ2v) is 4.58. The van der Waals surface area contributed by atoms with Gasteiger partial charge in [0.25, 0.3) is 5.91 Å². The molecule has 0 aliphatic carbocycles. The topological polar surface area (TPSA) is 59.8 Å². The summed E-state index contributed by atoms with van der Waals surface area (Å²) in [7, 11) is 0. The molecular formula is C16H14N4O. The van der Waals surface area contributed by atoms with Crippen molar-refractivity contribution in [2.24, 2.45) is 0 Å². The number of hydrogen-bond acceptors (Lipinski definition) is 3. The zero-order chi connectivity index (χ0) is 14.5. The van der Waals surface area contributed by atoms with E-state index in [4.69, 9.17) is 0 Å². The molecule has 5 heteroatoms. The molecule has 2 aromatic heterocycles. The van der Waals surface area contributed by atoms with Crippen LogP contribution in [0.5, 0.6) is 0 Å². The molecule has 0 radical (unpaired) electrons. The maximum Gasteiger partial charge on any atom is 0.258 e. The first-order chi connectivity index (χ1) is 10.3. The largest absolute Gasteiger partial charge is 0.305 e. The number of pyridine rings is 1. The lowest BCUT2D eigenvalue weighted by Gasteiger charge is -2.02. The Hall–Kier alpha value is -2.95. The van der Waals surface area contributed by atoms with Crippen LogP contribution < -0.4 is 5.32 Å². The SMILES string of the molecule is O=C(Nc1ccn(Cc2ccccc2)n1)c1cccnc1. The van der Waals surface area contributed by atoms with Crippen LogP contribution in [-0.2, 0) is 6.54 Å². The number of carbonyl (C=O) groups is 1. The smallest absolute Gasteiger partial charge is 0.258 e. The fourth-order valence-corrected chi connectivity index (χ4v) is 1.97. The van der Waals surface area contributed by atoms with Gasteiger partial charge >= 0.3 is 0 Å². The third-order valence-electron chi connectivity index (χ3n) is 2.99. The molecule has 0 spiro atoms. The van der Waals surface area contributed by atoms with Gasteiger partial charge < -0.3 is 5.32 Å². The Bertz CT molecular complexity index is 722. The van der Waals surface area contributed by atoms with E-state index in [1.54, 1.807) is 29.1 Å². The summed E-state index contributed by atoms with van der Waals surface area (Å²) >= 11 is 0. The minimum Gasteiger partial charge on any atom is -0.305 e. The monoisotopic (exact) mass is 278 g/mol. The van der Waals surface area contributed by atoms with Gasteiger partial charge in [-0.2, -0.15) is 5.10 Å². The number of anilines is 1. The number of benzene rings is 1. The van der Waals surface area contributed by atoms with Crippen molar-refractivity contribution in [2.45, 2.75) is 6.54 Å². The van der Waals surface area contributed by atoms with Crippen LogP contribution >= 0.6 is 0 Å². The number of nitrogens with one attached hydrogen (secondary N) is 1. The van der Waals surface area contributed by atoms with Crippen LogP contribution in [0.15, 0.2) is 67.1 Å². The van der Waals surface area contributed by atoms with Gasteiger partial charge in [0.15, 0.2) is 5.82 Å². The molecule has 5 nitrogen and oxygen atoms in total. The number of rotatable bonds is 4. The van der Waals surface area contributed by atoms with Crippen molar-refractivity contribution in [2.75, 3.05) is 5.32 Å². The second-order valence-electron chi connectivity index (χ2n) is 4.58. The summed E-state index contributed by atoms with van der Waals surface area (Å²) in [6.45, 7) is 0.670. The van der Waals surface area contributed by atoms with Crippen LogP contribution in [0.3, 0.4) is 0 Å². The molecule has 0 saturated carbocycles. The Morgan fingerprint density at radius 2 is 1.95 bits per heavy atom. The highest BCUT2D eigenvalue weighted by Crippen LogP contribution is 2.08. The molecule has 1 aromatic carbocycles. The number of hydrogen-bond donors (Lipinski definition) is 1. The van der Waals surface area contributed by atoms with Crippen molar-refractivity contribution >= 4 is 11.7 Å². The minimum atomic E-state index is -0.215. The summed E-state index contributed by atoms with van der Waals surface area (Å²) in [5.41, 5.74) is 1.67. The van der Waals surface area contributed by atoms with Crippen molar-refractivity contribution in [3.63, 3.8) is 0 Å². The minimum absolute atomic E-state index is 0.215. The molecular weight excluding hydrogens is 264 g/mol. The molecule has 0 saturated heterocycles. The average Bonchev–Trinajstić information content (AvgIpc) is 2.96. The lowest BCUT2D eigenvalue weighted by atomic mass is 10.2. The summed E-state index contributed by atoms with van der Waals surface area (Å²) < 4.78 is 1.79. The molecule has 2 heterocycles. The molecule has 1 N–H and O–H groups in total. The number of aromatic nitrogens is 3. The van der Waals surface area contributed by atoms with E-state index in [-0.39, 0.29) is 5.91 Å². The third-order valence-corrected chi connectivity index (χ3v) is 2.99. The van der Waals surface area contributed by atoms with Crippen LogP contribution in [0.25, 0.3) is 0 Å². The van der Waals surface area contributed by atoms with Crippen LogP contribution in [0.2, 0.25) is 0 Å². The molecule has 21 heavy (non-hydrogen) atoms. The highest BCUT2D eigenvalue weighted by Gasteiger charge is 2.07. The summed E-state index contributed by atoms with van der Waals surface area (Å²) in [5.74, 6) is 0.313. The lowest BCUT2D eigenvalue weighted by Crippen LogP contribution is -2.13. The van der Waals surface area contributed by atoms with E-state index >= 15 is 0 Å². The summed E-state index contributed by atoms with van der Waals surface area (Å²) in [6.07, 6.45) is 4.99. The zero-order valence-corrected chi connectivity index (χ0v) is 11.3. The van der Waals surface area contributed by atoms with E-state index in [1.165, 1.54) is 6.20 Å². The summed E-state index contributed by atoms with van der Waals surface area (Å²) in [6, 6.07) is 15.2. The fraction of sp³-hybridized carbons (Fsp3) is 0.0625. The van der Waals surface area contributed by atoms with E-state index in [9.17, 15) is 4.79 Å². The Kier molecular flexibility index (Phi) is 3.73. The molecule has 1 amide bonds. The predicted molar refractivity (Wildman–Crippen MR) is 80.0 cm³/mol. The second kappa shape index (κ2) is 6.00. The first-order valence-corrected chi connectivity index (χ1v) is 6.60.